The first-order chi connectivity index (χ1) is 11.4. The summed E-state index contributed by atoms with van der Waals surface area (Å²) in [6.07, 6.45) is 0.574. The van der Waals surface area contributed by atoms with Gasteiger partial charge in [0.2, 0.25) is 0 Å². The van der Waals surface area contributed by atoms with Crippen LogP contribution in [0.15, 0.2) is 62.6 Å². The Morgan fingerprint density at radius 2 is 1.79 bits per heavy atom. The lowest BCUT2D eigenvalue weighted by Crippen LogP contribution is -2.11. The van der Waals surface area contributed by atoms with Gasteiger partial charge in [0.25, 0.3) is 0 Å². The minimum Gasteiger partial charge on any atom is -0.422 e. The molecule has 0 aliphatic rings. The molecule has 0 bridgehead atoms. The second-order valence-corrected chi connectivity index (χ2v) is 6.90. The van der Waals surface area contributed by atoms with Crippen molar-refractivity contribution in [3.05, 3.63) is 70.1 Å². The molecule has 3 rings (SSSR count). The van der Waals surface area contributed by atoms with Gasteiger partial charge >= 0.3 is 15.7 Å². The van der Waals surface area contributed by atoms with Gasteiger partial charge in [0.1, 0.15) is 16.2 Å². The van der Waals surface area contributed by atoms with Gasteiger partial charge in [-0.3, -0.25) is 0 Å². The van der Waals surface area contributed by atoms with Gasteiger partial charge in [0.05, 0.1) is 0 Å². The van der Waals surface area contributed by atoms with Crippen LogP contribution in [0.5, 0.6) is 5.75 Å². The third kappa shape index (κ3) is 2.92. The van der Waals surface area contributed by atoms with Gasteiger partial charge < -0.3 is 8.60 Å². The molecule has 6 heteroatoms. The molecule has 0 fully saturated rings. The van der Waals surface area contributed by atoms with E-state index in [1.807, 2.05) is 13.8 Å². The zero-order valence-electron chi connectivity index (χ0n) is 13.3. The quantitative estimate of drug-likeness (QED) is 0.535. The molecule has 0 N–H and O–H groups in total. The number of fused-ring (bicyclic) bond motifs is 1. The molecule has 0 amide bonds. The van der Waals surface area contributed by atoms with E-state index in [0.29, 0.717) is 17.6 Å². The van der Waals surface area contributed by atoms with E-state index in [1.165, 1.54) is 18.2 Å². The Labute approximate surface area is 139 Å². The van der Waals surface area contributed by atoms with Crippen molar-refractivity contribution in [3.8, 4) is 5.75 Å². The molecule has 0 aliphatic carbocycles. The van der Waals surface area contributed by atoms with Crippen LogP contribution in [0.1, 0.15) is 18.1 Å². The van der Waals surface area contributed by atoms with Crippen molar-refractivity contribution >= 4 is 21.1 Å². The molecule has 0 radical (unpaired) electrons. The summed E-state index contributed by atoms with van der Waals surface area (Å²) in [6, 6.07) is 12.5. The highest BCUT2D eigenvalue weighted by Crippen LogP contribution is 2.26. The predicted octanol–water partition coefficient (Wildman–Crippen LogP) is 3.43. The molecular weight excluding hydrogens is 328 g/mol. The highest BCUT2D eigenvalue weighted by Gasteiger charge is 2.17. The molecule has 0 saturated carbocycles. The fourth-order valence-electron chi connectivity index (χ4n) is 2.60. The zero-order valence-corrected chi connectivity index (χ0v) is 14.1. The lowest BCUT2D eigenvalue weighted by atomic mass is 10.0. The third-order valence-corrected chi connectivity index (χ3v) is 5.11. The van der Waals surface area contributed by atoms with Crippen LogP contribution in [0, 0.1) is 6.92 Å². The van der Waals surface area contributed by atoms with E-state index in [1.54, 1.807) is 30.3 Å². The van der Waals surface area contributed by atoms with Crippen molar-refractivity contribution in [3.63, 3.8) is 0 Å². The molecule has 1 heterocycles. The van der Waals surface area contributed by atoms with Crippen molar-refractivity contribution in [1.29, 1.82) is 0 Å². The zero-order chi connectivity index (χ0) is 17.3. The molecule has 0 unspecified atom stereocenters. The molecule has 1 aromatic heterocycles. The first kappa shape index (κ1) is 16.3. The van der Waals surface area contributed by atoms with Crippen LogP contribution in [0.3, 0.4) is 0 Å². The number of hydrogen-bond acceptors (Lipinski definition) is 5. The van der Waals surface area contributed by atoms with Gasteiger partial charge in [0.15, 0.2) is 0 Å². The fourth-order valence-corrected chi connectivity index (χ4v) is 3.54. The number of aryl methyl sites for hydroxylation is 1. The van der Waals surface area contributed by atoms with Crippen molar-refractivity contribution in [2.24, 2.45) is 0 Å². The Morgan fingerprint density at radius 1 is 1.08 bits per heavy atom. The van der Waals surface area contributed by atoms with Crippen LogP contribution >= 0.6 is 0 Å². The largest absolute Gasteiger partial charge is 0.422 e. The van der Waals surface area contributed by atoms with E-state index in [2.05, 4.69) is 0 Å². The molecule has 0 aliphatic heterocycles. The smallest absolute Gasteiger partial charge is 0.339 e. The van der Waals surface area contributed by atoms with E-state index in [0.717, 1.165) is 10.9 Å². The van der Waals surface area contributed by atoms with E-state index in [-0.39, 0.29) is 10.6 Å². The summed E-state index contributed by atoms with van der Waals surface area (Å²) in [5, 5.41) is 0.760. The Bertz CT molecular complexity index is 1050. The van der Waals surface area contributed by atoms with E-state index >= 15 is 0 Å². The van der Waals surface area contributed by atoms with Gasteiger partial charge in [-0.05, 0) is 43.2 Å². The van der Waals surface area contributed by atoms with Crippen LogP contribution in [-0.2, 0) is 16.5 Å². The van der Waals surface area contributed by atoms with Gasteiger partial charge in [-0.15, -0.1) is 0 Å². The fraction of sp³-hybridized carbons (Fsp3) is 0.167. The minimum absolute atomic E-state index is 0.0593. The summed E-state index contributed by atoms with van der Waals surface area (Å²) in [4.78, 5) is 12.0. The average molecular weight is 344 g/mol. The van der Waals surface area contributed by atoms with E-state index in [9.17, 15) is 13.2 Å². The molecule has 5 nitrogen and oxygen atoms in total. The molecule has 0 spiro atoms. The summed E-state index contributed by atoms with van der Waals surface area (Å²) in [5.74, 6) is 0.0955. The van der Waals surface area contributed by atoms with Crippen molar-refractivity contribution < 1.29 is 17.0 Å². The first-order valence-corrected chi connectivity index (χ1v) is 8.89. The topological polar surface area (TPSA) is 73.6 Å². The summed E-state index contributed by atoms with van der Waals surface area (Å²) in [7, 11) is -3.93. The second kappa shape index (κ2) is 6.13. The van der Waals surface area contributed by atoms with Crippen molar-refractivity contribution in [1.82, 2.24) is 0 Å². The third-order valence-electron chi connectivity index (χ3n) is 3.85. The number of hydrogen-bond donors (Lipinski definition) is 0. The molecule has 124 valence electrons. The molecule has 3 aromatic rings. The Hall–Kier alpha value is -2.60. The first-order valence-electron chi connectivity index (χ1n) is 7.48. The van der Waals surface area contributed by atoms with Gasteiger partial charge in [-0.25, -0.2) is 4.79 Å². The lowest BCUT2D eigenvalue weighted by molar-refractivity contribution is 0.485. The molecule has 24 heavy (non-hydrogen) atoms. The monoisotopic (exact) mass is 344 g/mol. The highest BCUT2D eigenvalue weighted by molar-refractivity contribution is 7.87. The molecule has 0 saturated heterocycles. The summed E-state index contributed by atoms with van der Waals surface area (Å²) in [6.45, 7) is 3.73. The summed E-state index contributed by atoms with van der Waals surface area (Å²) >= 11 is 0. The minimum atomic E-state index is -3.93. The van der Waals surface area contributed by atoms with Crippen LogP contribution in [-0.4, -0.2) is 8.42 Å². The van der Waals surface area contributed by atoms with E-state index in [4.69, 9.17) is 8.60 Å². The molecule has 0 atom stereocenters. The normalized spacial score (nSPS) is 11.6. The Morgan fingerprint density at radius 3 is 2.46 bits per heavy atom. The van der Waals surface area contributed by atoms with Crippen LogP contribution in [0.25, 0.3) is 11.0 Å². The standard InChI is InChI=1S/C18H16O5S/c1-3-15-12(2)16-10-9-13(11-17(16)22-18(15)19)23-24(20,21)14-7-5-4-6-8-14/h4-11H,3H2,1-2H3. The maximum atomic E-state index is 12.3. The van der Waals surface area contributed by atoms with Gasteiger partial charge in [-0.1, -0.05) is 25.1 Å². The highest BCUT2D eigenvalue weighted by atomic mass is 32.2. The molecule has 2 aromatic carbocycles. The van der Waals surface area contributed by atoms with Gasteiger partial charge in [0, 0.05) is 17.0 Å². The number of benzene rings is 2. The SMILES string of the molecule is CCc1c(C)c2ccc(OS(=O)(=O)c3ccccc3)cc2oc1=O. The van der Waals surface area contributed by atoms with E-state index < -0.39 is 15.7 Å². The number of rotatable bonds is 4. The average Bonchev–Trinajstić information content (AvgIpc) is 2.55. The van der Waals surface area contributed by atoms with Crippen molar-refractivity contribution in [2.75, 3.05) is 0 Å². The van der Waals surface area contributed by atoms with Crippen molar-refractivity contribution in [2.45, 2.75) is 25.2 Å². The maximum absolute atomic E-state index is 12.3. The summed E-state index contributed by atoms with van der Waals surface area (Å²) in [5.41, 5.74) is 1.34. The Kier molecular flexibility index (Phi) is 4.15. The van der Waals surface area contributed by atoms with Crippen LogP contribution in [0.2, 0.25) is 0 Å². The van der Waals surface area contributed by atoms with Crippen LogP contribution < -0.4 is 9.81 Å². The second-order valence-electron chi connectivity index (χ2n) is 5.36. The van der Waals surface area contributed by atoms with Crippen LogP contribution in [0.4, 0.5) is 0 Å². The predicted molar refractivity (Wildman–Crippen MR) is 90.9 cm³/mol. The molecular formula is C18H16O5S. The summed E-state index contributed by atoms with van der Waals surface area (Å²) < 4.78 is 35.0. The van der Waals surface area contributed by atoms with Gasteiger partial charge in [-0.2, -0.15) is 8.42 Å². The lowest BCUT2D eigenvalue weighted by Gasteiger charge is -2.09. The Balaban J connectivity index is 2.05. The maximum Gasteiger partial charge on any atom is 0.339 e.